The Hall–Kier alpha value is -0.240. The van der Waals surface area contributed by atoms with Crippen molar-refractivity contribution in [2.75, 3.05) is 6.61 Å². The average Bonchev–Trinajstić information content (AvgIpc) is 2.95. The standard InChI is InChI=1S/C27H48O6/c1-15(14-28)6-5-7-16(2)21-22(31)23(32)24-26(21,4)11-9-20-25(3)10-8-17(29)12-18(25)19(30)13-27(20,24)33/h15-24,28-33H,5-14H2,1-4H3/t15-,16+,17-,18+,19-,20+,21-,22+,23+,24+,25-,26+,27-/m0/s1. The molecule has 4 aliphatic rings. The average molecular weight is 469 g/mol. The van der Waals surface area contributed by atoms with Gasteiger partial charge in [-0.1, -0.05) is 40.5 Å². The van der Waals surface area contributed by atoms with Gasteiger partial charge >= 0.3 is 0 Å². The highest BCUT2D eigenvalue weighted by atomic mass is 16.3. The summed E-state index contributed by atoms with van der Waals surface area (Å²) in [6, 6.07) is 0. The lowest BCUT2D eigenvalue weighted by Gasteiger charge is -2.65. The van der Waals surface area contributed by atoms with Crippen molar-refractivity contribution in [3.63, 3.8) is 0 Å². The maximum Gasteiger partial charge on any atom is 0.0863 e. The number of aliphatic hydroxyl groups is 6. The first-order valence-electron chi connectivity index (χ1n) is 13.5. The Morgan fingerprint density at radius 3 is 2.24 bits per heavy atom. The molecule has 0 heterocycles. The predicted molar refractivity (Wildman–Crippen MR) is 126 cm³/mol. The van der Waals surface area contributed by atoms with Crippen LogP contribution in [0.4, 0.5) is 0 Å². The van der Waals surface area contributed by atoms with E-state index in [-0.39, 0.29) is 48.0 Å². The van der Waals surface area contributed by atoms with Crippen molar-refractivity contribution >= 4 is 0 Å². The molecular formula is C27H48O6. The van der Waals surface area contributed by atoms with Crippen molar-refractivity contribution in [2.24, 2.45) is 46.3 Å². The smallest absolute Gasteiger partial charge is 0.0863 e. The van der Waals surface area contributed by atoms with Gasteiger partial charge < -0.3 is 30.6 Å². The third-order valence-electron chi connectivity index (χ3n) is 11.1. The van der Waals surface area contributed by atoms with Gasteiger partial charge in [-0.2, -0.15) is 0 Å². The van der Waals surface area contributed by atoms with Gasteiger partial charge in [0.25, 0.3) is 0 Å². The van der Waals surface area contributed by atoms with E-state index in [1.54, 1.807) is 0 Å². The summed E-state index contributed by atoms with van der Waals surface area (Å²) in [7, 11) is 0. The van der Waals surface area contributed by atoms with Crippen LogP contribution < -0.4 is 0 Å². The molecule has 4 saturated carbocycles. The largest absolute Gasteiger partial charge is 0.396 e. The molecule has 4 rings (SSSR count). The van der Waals surface area contributed by atoms with Crippen LogP contribution in [0.5, 0.6) is 0 Å². The number of hydrogen-bond acceptors (Lipinski definition) is 6. The maximum absolute atomic E-state index is 12.3. The van der Waals surface area contributed by atoms with E-state index in [4.69, 9.17) is 0 Å². The predicted octanol–water partition coefficient (Wildman–Crippen LogP) is 2.47. The molecule has 6 nitrogen and oxygen atoms in total. The number of aliphatic hydroxyl groups excluding tert-OH is 5. The SMILES string of the molecule is C[C@H](CO)CCC[C@@H](C)[C@H]1[C@@H](O)[C@@H](O)[C@@H]2[C@]1(C)CC[C@@H]1[C@@]3(C)CC[C@H](O)C[C@@H]3[C@@H](O)C[C@]12O. The van der Waals surface area contributed by atoms with Crippen LogP contribution in [-0.4, -0.2) is 67.3 Å². The van der Waals surface area contributed by atoms with Gasteiger partial charge in [0.05, 0.1) is 30.0 Å². The zero-order valence-electron chi connectivity index (χ0n) is 21.0. The molecule has 0 radical (unpaired) electrons. The molecule has 192 valence electrons. The maximum atomic E-state index is 12.3. The topological polar surface area (TPSA) is 121 Å². The van der Waals surface area contributed by atoms with E-state index >= 15 is 0 Å². The van der Waals surface area contributed by atoms with Crippen molar-refractivity contribution < 1.29 is 30.6 Å². The highest BCUT2D eigenvalue weighted by Crippen LogP contribution is 2.69. The monoisotopic (exact) mass is 468 g/mol. The lowest BCUT2D eigenvalue weighted by Crippen LogP contribution is -2.68. The molecule has 0 spiro atoms. The van der Waals surface area contributed by atoms with Crippen molar-refractivity contribution in [2.45, 2.75) is 115 Å². The van der Waals surface area contributed by atoms with Crippen LogP contribution >= 0.6 is 0 Å². The van der Waals surface area contributed by atoms with Crippen LogP contribution in [-0.2, 0) is 0 Å². The molecule has 4 fully saturated rings. The van der Waals surface area contributed by atoms with Gasteiger partial charge in [-0.3, -0.25) is 0 Å². The molecule has 0 amide bonds. The van der Waals surface area contributed by atoms with Crippen molar-refractivity contribution in [3.8, 4) is 0 Å². The highest BCUT2D eigenvalue weighted by molar-refractivity contribution is 5.21. The summed E-state index contributed by atoms with van der Waals surface area (Å²) < 4.78 is 0. The molecule has 0 bridgehead atoms. The fraction of sp³-hybridized carbons (Fsp3) is 1.00. The van der Waals surface area contributed by atoms with E-state index in [0.29, 0.717) is 12.8 Å². The first kappa shape index (κ1) is 25.8. The van der Waals surface area contributed by atoms with Gasteiger partial charge in [0.1, 0.15) is 0 Å². The lowest BCUT2D eigenvalue weighted by atomic mass is 9.42. The molecule has 6 N–H and O–H groups in total. The Balaban J connectivity index is 1.61. The minimum Gasteiger partial charge on any atom is -0.396 e. The van der Waals surface area contributed by atoms with Crippen LogP contribution in [0.15, 0.2) is 0 Å². The molecule has 0 aromatic carbocycles. The van der Waals surface area contributed by atoms with E-state index in [2.05, 4.69) is 20.8 Å². The Morgan fingerprint density at radius 2 is 1.58 bits per heavy atom. The number of fused-ring (bicyclic) bond motifs is 5. The Morgan fingerprint density at radius 1 is 0.909 bits per heavy atom. The second-order valence-corrected chi connectivity index (χ2v) is 13.1. The minimum atomic E-state index is -1.22. The Bertz CT molecular complexity index is 702. The molecule has 13 atom stereocenters. The molecule has 0 aliphatic heterocycles. The molecule has 33 heavy (non-hydrogen) atoms. The van der Waals surface area contributed by atoms with Gasteiger partial charge in [0.15, 0.2) is 0 Å². The van der Waals surface area contributed by atoms with Crippen LogP contribution in [0.2, 0.25) is 0 Å². The van der Waals surface area contributed by atoms with E-state index < -0.39 is 41.3 Å². The minimum absolute atomic E-state index is 0.0393. The lowest BCUT2D eigenvalue weighted by molar-refractivity contribution is -0.264. The van der Waals surface area contributed by atoms with Gasteiger partial charge in [-0.15, -0.1) is 0 Å². The highest BCUT2D eigenvalue weighted by Gasteiger charge is 2.72. The first-order valence-corrected chi connectivity index (χ1v) is 13.5. The summed E-state index contributed by atoms with van der Waals surface area (Å²) in [6.07, 6.45) is 3.75. The van der Waals surface area contributed by atoms with Crippen molar-refractivity contribution in [3.05, 3.63) is 0 Å². The van der Waals surface area contributed by atoms with Gasteiger partial charge in [-0.25, -0.2) is 0 Å². The quantitative estimate of drug-likeness (QED) is 0.356. The molecule has 0 unspecified atom stereocenters. The van der Waals surface area contributed by atoms with E-state index in [1.807, 2.05) is 6.92 Å². The fourth-order valence-electron chi connectivity index (χ4n) is 9.57. The van der Waals surface area contributed by atoms with Crippen LogP contribution in [0.25, 0.3) is 0 Å². The summed E-state index contributed by atoms with van der Waals surface area (Å²) in [4.78, 5) is 0. The van der Waals surface area contributed by atoms with Crippen LogP contribution in [0.1, 0.15) is 85.5 Å². The molecule has 4 aliphatic carbocycles. The third kappa shape index (κ3) is 3.92. The Labute approximate surface area is 199 Å². The van der Waals surface area contributed by atoms with Gasteiger partial charge in [0, 0.05) is 18.9 Å². The van der Waals surface area contributed by atoms with Gasteiger partial charge in [-0.05, 0) is 78.9 Å². The van der Waals surface area contributed by atoms with Crippen LogP contribution in [0, 0.1) is 46.3 Å². The molecule has 0 aromatic heterocycles. The normalized spacial score (nSPS) is 53.6. The molecule has 0 saturated heterocycles. The molecule has 0 aromatic rings. The summed E-state index contributed by atoms with van der Waals surface area (Å²) in [5.74, 6) is -0.211. The summed E-state index contributed by atoms with van der Waals surface area (Å²) in [5, 5.41) is 65.7. The first-order chi connectivity index (χ1) is 15.4. The molecular weight excluding hydrogens is 420 g/mol. The van der Waals surface area contributed by atoms with E-state index in [1.165, 1.54) is 0 Å². The summed E-state index contributed by atoms with van der Waals surface area (Å²) in [5.41, 5.74) is -1.90. The second kappa shape index (κ2) is 9.01. The third-order valence-corrected chi connectivity index (χ3v) is 11.1. The van der Waals surface area contributed by atoms with E-state index in [9.17, 15) is 30.6 Å². The van der Waals surface area contributed by atoms with Gasteiger partial charge in [0.2, 0.25) is 0 Å². The van der Waals surface area contributed by atoms with Crippen molar-refractivity contribution in [1.29, 1.82) is 0 Å². The number of rotatable bonds is 6. The summed E-state index contributed by atoms with van der Waals surface area (Å²) in [6.45, 7) is 8.70. The van der Waals surface area contributed by atoms with E-state index in [0.717, 1.165) is 38.5 Å². The van der Waals surface area contributed by atoms with Crippen LogP contribution in [0.3, 0.4) is 0 Å². The fourth-order valence-corrected chi connectivity index (χ4v) is 9.57. The van der Waals surface area contributed by atoms with Crippen molar-refractivity contribution in [1.82, 2.24) is 0 Å². The number of hydrogen-bond donors (Lipinski definition) is 6. The zero-order valence-corrected chi connectivity index (χ0v) is 21.0. The Kier molecular flexibility index (Phi) is 7.05. The summed E-state index contributed by atoms with van der Waals surface area (Å²) >= 11 is 0. The zero-order chi connectivity index (χ0) is 24.3. The second-order valence-electron chi connectivity index (χ2n) is 13.1. The molecule has 6 heteroatoms.